The van der Waals surface area contributed by atoms with Crippen molar-refractivity contribution in [1.29, 1.82) is 0 Å². The van der Waals surface area contributed by atoms with E-state index in [-0.39, 0.29) is 5.41 Å². The number of carbonyl (C=O) groups is 1. The largest absolute Gasteiger partial charge is 0.478 e. The Morgan fingerprint density at radius 1 is 1.16 bits per heavy atom. The van der Waals surface area contributed by atoms with Crippen LogP contribution in [0.5, 0.6) is 0 Å². The quantitative estimate of drug-likeness (QED) is 0.860. The van der Waals surface area contributed by atoms with Crippen molar-refractivity contribution in [1.82, 2.24) is 0 Å². The third kappa shape index (κ3) is 2.71. The first-order valence-electron chi connectivity index (χ1n) is 6.21. The van der Waals surface area contributed by atoms with E-state index in [4.69, 9.17) is 0 Å². The second-order valence-electron chi connectivity index (χ2n) is 5.78. The summed E-state index contributed by atoms with van der Waals surface area (Å²) in [5.41, 5.74) is 4.61. The third-order valence-electron chi connectivity index (χ3n) is 3.29. The molecule has 19 heavy (non-hydrogen) atoms. The van der Waals surface area contributed by atoms with Crippen LogP contribution in [0.2, 0.25) is 0 Å². The van der Waals surface area contributed by atoms with Crippen molar-refractivity contribution < 1.29 is 9.90 Å². The normalized spacial score (nSPS) is 11.6. The first kappa shape index (κ1) is 13.8. The second kappa shape index (κ2) is 4.82. The van der Waals surface area contributed by atoms with Crippen LogP contribution < -0.4 is 0 Å². The molecule has 100 valence electrons. The highest BCUT2D eigenvalue weighted by Crippen LogP contribution is 2.33. The lowest BCUT2D eigenvalue weighted by atomic mass is 9.84. The third-order valence-corrected chi connectivity index (χ3v) is 4.03. The summed E-state index contributed by atoms with van der Waals surface area (Å²) in [5.74, 6) is -0.864. The molecule has 0 aliphatic heterocycles. The monoisotopic (exact) mass is 274 g/mol. The van der Waals surface area contributed by atoms with Crippen molar-refractivity contribution in [3.8, 4) is 11.1 Å². The molecule has 0 amide bonds. The Morgan fingerprint density at radius 2 is 1.84 bits per heavy atom. The van der Waals surface area contributed by atoms with Crippen LogP contribution in [0.4, 0.5) is 0 Å². The molecule has 0 unspecified atom stereocenters. The van der Waals surface area contributed by atoms with Gasteiger partial charge >= 0.3 is 5.97 Å². The second-order valence-corrected chi connectivity index (χ2v) is 6.53. The molecule has 0 saturated carbocycles. The van der Waals surface area contributed by atoms with Crippen molar-refractivity contribution in [3.63, 3.8) is 0 Å². The van der Waals surface area contributed by atoms with Gasteiger partial charge in [-0.2, -0.15) is 11.3 Å². The number of aryl methyl sites for hydroxylation is 1. The van der Waals surface area contributed by atoms with E-state index < -0.39 is 5.97 Å². The van der Waals surface area contributed by atoms with Crippen LogP contribution in [0.25, 0.3) is 11.1 Å². The molecule has 1 N–H and O–H groups in total. The zero-order valence-corrected chi connectivity index (χ0v) is 12.5. The molecule has 0 atom stereocenters. The Bertz CT molecular complexity index is 618. The highest BCUT2D eigenvalue weighted by Gasteiger charge is 2.18. The van der Waals surface area contributed by atoms with Gasteiger partial charge in [-0.25, -0.2) is 4.79 Å². The average Bonchev–Trinajstić information content (AvgIpc) is 2.76. The van der Waals surface area contributed by atoms with E-state index in [0.29, 0.717) is 5.56 Å². The summed E-state index contributed by atoms with van der Waals surface area (Å²) in [5, 5.41) is 12.9. The van der Waals surface area contributed by atoms with E-state index >= 15 is 0 Å². The molecule has 2 rings (SSSR count). The Balaban J connectivity index is 2.62. The van der Waals surface area contributed by atoms with Gasteiger partial charge in [-0.3, -0.25) is 0 Å². The van der Waals surface area contributed by atoms with Gasteiger partial charge < -0.3 is 5.11 Å². The predicted molar refractivity (Wildman–Crippen MR) is 80.2 cm³/mol. The highest BCUT2D eigenvalue weighted by atomic mass is 32.1. The maximum Gasteiger partial charge on any atom is 0.337 e. The van der Waals surface area contributed by atoms with Gasteiger partial charge in [0.15, 0.2) is 0 Å². The highest BCUT2D eigenvalue weighted by molar-refractivity contribution is 7.08. The Kier molecular flexibility index (Phi) is 3.50. The standard InChI is InChI=1S/C16H18O2S/c1-10-5-6-11(16(2,3)4)7-12(10)13-8-19-9-14(13)15(17)18/h5-9H,1-4H3,(H,17,18). The van der Waals surface area contributed by atoms with E-state index in [0.717, 1.165) is 16.7 Å². The maximum atomic E-state index is 11.3. The lowest BCUT2D eigenvalue weighted by Gasteiger charge is -2.21. The summed E-state index contributed by atoms with van der Waals surface area (Å²) in [4.78, 5) is 11.3. The number of rotatable bonds is 2. The molecule has 2 nitrogen and oxygen atoms in total. The van der Waals surface area contributed by atoms with Gasteiger partial charge in [-0.05, 0) is 34.4 Å². The molecule has 0 spiro atoms. The minimum absolute atomic E-state index is 0.0574. The fourth-order valence-electron chi connectivity index (χ4n) is 2.05. The predicted octanol–water partition coefficient (Wildman–Crippen LogP) is 4.72. The zero-order chi connectivity index (χ0) is 14.2. The molecule has 0 aliphatic carbocycles. The minimum atomic E-state index is -0.864. The molecule has 1 aromatic carbocycles. The van der Waals surface area contributed by atoms with Crippen LogP contribution in [0.15, 0.2) is 29.0 Å². The van der Waals surface area contributed by atoms with Gasteiger partial charge in [0.05, 0.1) is 5.56 Å². The molecule has 0 radical (unpaired) electrons. The molecular formula is C16H18O2S. The number of carboxylic acids is 1. The van der Waals surface area contributed by atoms with Crippen LogP contribution in [-0.4, -0.2) is 11.1 Å². The van der Waals surface area contributed by atoms with E-state index in [2.05, 4.69) is 39.0 Å². The van der Waals surface area contributed by atoms with Gasteiger partial charge in [0.25, 0.3) is 0 Å². The Morgan fingerprint density at radius 3 is 2.42 bits per heavy atom. The number of hydrogen-bond acceptors (Lipinski definition) is 2. The van der Waals surface area contributed by atoms with Crippen molar-refractivity contribution in [3.05, 3.63) is 45.6 Å². The molecular weight excluding hydrogens is 256 g/mol. The van der Waals surface area contributed by atoms with E-state index in [1.54, 1.807) is 5.38 Å². The molecule has 2 aromatic rings. The molecule has 0 bridgehead atoms. The molecule has 0 fully saturated rings. The molecule has 0 saturated heterocycles. The number of aromatic carboxylic acids is 1. The Hall–Kier alpha value is -1.61. The van der Waals surface area contributed by atoms with Crippen LogP contribution in [-0.2, 0) is 5.41 Å². The van der Waals surface area contributed by atoms with Gasteiger partial charge in [0.2, 0.25) is 0 Å². The number of carboxylic acid groups (broad SMARTS) is 1. The molecule has 1 aromatic heterocycles. The smallest absolute Gasteiger partial charge is 0.337 e. The zero-order valence-electron chi connectivity index (χ0n) is 11.7. The van der Waals surface area contributed by atoms with E-state index in [1.165, 1.54) is 16.9 Å². The number of benzene rings is 1. The first-order chi connectivity index (χ1) is 8.80. The fourth-order valence-corrected chi connectivity index (χ4v) is 2.87. The van der Waals surface area contributed by atoms with Crippen LogP contribution >= 0.6 is 11.3 Å². The summed E-state index contributed by atoms with van der Waals surface area (Å²) >= 11 is 1.43. The van der Waals surface area contributed by atoms with Gasteiger partial charge in [0, 0.05) is 10.9 Å². The van der Waals surface area contributed by atoms with Crippen LogP contribution in [0.3, 0.4) is 0 Å². The van der Waals surface area contributed by atoms with E-state index in [1.807, 2.05) is 12.3 Å². The topological polar surface area (TPSA) is 37.3 Å². The van der Waals surface area contributed by atoms with Gasteiger partial charge in [-0.1, -0.05) is 39.0 Å². The minimum Gasteiger partial charge on any atom is -0.478 e. The van der Waals surface area contributed by atoms with Gasteiger partial charge in [-0.15, -0.1) is 0 Å². The SMILES string of the molecule is Cc1ccc(C(C)(C)C)cc1-c1cscc1C(=O)O. The summed E-state index contributed by atoms with van der Waals surface area (Å²) in [6.07, 6.45) is 0. The number of thiophene rings is 1. The maximum absolute atomic E-state index is 11.3. The average molecular weight is 274 g/mol. The van der Waals surface area contributed by atoms with E-state index in [9.17, 15) is 9.90 Å². The van der Waals surface area contributed by atoms with Crippen molar-refractivity contribution in [2.45, 2.75) is 33.1 Å². The Labute approximate surface area is 117 Å². The van der Waals surface area contributed by atoms with Crippen LogP contribution in [0, 0.1) is 6.92 Å². The van der Waals surface area contributed by atoms with Crippen LogP contribution in [0.1, 0.15) is 42.3 Å². The summed E-state index contributed by atoms with van der Waals surface area (Å²) in [6.45, 7) is 8.50. The summed E-state index contributed by atoms with van der Waals surface area (Å²) in [6, 6.07) is 6.30. The van der Waals surface area contributed by atoms with Crippen molar-refractivity contribution in [2.75, 3.05) is 0 Å². The lowest BCUT2D eigenvalue weighted by Crippen LogP contribution is -2.11. The molecule has 1 heterocycles. The molecule has 0 aliphatic rings. The number of hydrogen-bond donors (Lipinski definition) is 1. The molecule has 3 heteroatoms. The van der Waals surface area contributed by atoms with Crippen molar-refractivity contribution >= 4 is 17.3 Å². The van der Waals surface area contributed by atoms with Gasteiger partial charge in [0.1, 0.15) is 0 Å². The summed E-state index contributed by atoms with van der Waals surface area (Å²) < 4.78 is 0. The van der Waals surface area contributed by atoms with Crippen molar-refractivity contribution in [2.24, 2.45) is 0 Å². The lowest BCUT2D eigenvalue weighted by molar-refractivity contribution is 0.0698. The fraction of sp³-hybridized carbons (Fsp3) is 0.312. The first-order valence-corrected chi connectivity index (χ1v) is 7.16. The summed E-state index contributed by atoms with van der Waals surface area (Å²) in [7, 11) is 0.